The number of para-hydroxylation sites is 1. The molecular formula is C10H8AuN. The van der Waals surface area contributed by atoms with Gasteiger partial charge >= 0.3 is 83.9 Å². The third kappa shape index (κ3) is 1.39. The molecule has 64 valence electrons. The Balaban J connectivity index is 2.55. The fourth-order valence-electron chi connectivity index (χ4n) is 1.13. The fourth-order valence-corrected chi connectivity index (χ4v) is 1.80. The monoisotopic (exact) mass is 339 g/mol. The molecule has 0 spiro atoms. The summed E-state index contributed by atoms with van der Waals surface area (Å²) in [7, 11) is 0. The van der Waals surface area contributed by atoms with Gasteiger partial charge in [-0.25, -0.2) is 0 Å². The van der Waals surface area contributed by atoms with Gasteiger partial charge in [-0.1, -0.05) is 0 Å². The zero-order chi connectivity index (χ0) is 8.39. The van der Waals surface area contributed by atoms with Gasteiger partial charge in [-0.15, -0.1) is 0 Å². The van der Waals surface area contributed by atoms with E-state index in [-0.39, 0.29) is 0 Å². The Morgan fingerprint density at radius 2 is 1.58 bits per heavy atom. The number of hydrogen-bond acceptors (Lipinski definition) is 0. The molecule has 0 aliphatic heterocycles. The van der Waals surface area contributed by atoms with E-state index in [1.165, 1.54) is 9.47 Å². The fraction of sp³-hybridized carbons (Fsp3) is 0. The van der Waals surface area contributed by atoms with Crippen LogP contribution in [0.15, 0.2) is 48.8 Å². The summed E-state index contributed by atoms with van der Waals surface area (Å²) in [6.07, 6.45) is 4.10. The van der Waals surface area contributed by atoms with Crippen molar-refractivity contribution < 1.29 is 21.1 Å². The molecule has 2 heteroatoms. The summed E-state index contributed by atoms with van der Waals surface area (Å²) in [6.45, 7) is 0. The first-order chi connectivity index (χ1) is 5.88. The minimum atomic E-state index is 1.23. The summed E-state index contributed by atoms with van der Waals surface area (Å²) in [5.41, 5.74) is 1.23. The molecule has 1 aromatic heterocycles. The van der Waals surface area contributed by atoms with Crippen LogP contribution in [0.4, 0.5) is 0 Å². The molecule has 0 radical (unpaired) electrons. The molecule has 2 rings (SSSR count). The molecule has 1 heterocycles. The Kier molecular flexibility index (Phi) is 2.17. The maximum atomic E-state index is 2.53. The van der Waals surface area contributed by atoms with Crippen LogP contribution in [0, 0.1) is 0 Å². The summed E-state index contributed by atoms with van der Waals surface area (Å²) in [6, 6.07) is 12.4. The predicted octanol–water partition coefficient (Wildman–Crippen LogP) is 1.65. The van der Waals surface area contributed by atoms with Gasteiger partial charge in [-0.05, 0) is 0 Å². The van der Waals surface area contributed by atoms with Crippen molar-refractivity contribution in [3.05, 3.63) is 48.8 Å². The topological polar surface area (TPSA) is 4.93 Å². The predicted molar refractivity (Wildman–Crippen MR) is 45.4 cm³/mol. The molecular weight excluding hydrogens is 331 g/mol. The maximum absolute atomic E-state index is 2.53. The molecule has 0 saturated carbocycles. The van der Waals surface area contributed by atoms with Crippen molar-refractivity contribution in [3.8, 4) is 5.69 Å². The van der Waals surface area contributed by atoms with E-state index in [1.807, 2.05) is 36.7 Å². The first kappa shape index (κ1) is 7.87. The molecule has 0 amide bonds. The molecule has 0 atom stereocenters. The van der Waals surface area contributed by atoms with Crippen molar-refractivity contribution in [2.45, 2.75) is 0 Å². The van der Waals surface area contributed by atoms with E-state index in [9.17, 15) is 0 Å². The van der Waals surface area contributed by atoms with Crippen molar-refractivity contribution in [1.82, 2.24) is 4.57 Å². The van der Waals surface area contributed by atoms with Crippen LogP contribution < -0.4 is 3.78 Å². The summed E-state index contributed by atoms with van der Waals surface area (Å²) < 4.78 is 3.35. The standard InChI is InChI=1S/C10H8N.Au/c1-2-6-10(7-3-1)11-8-4-5-9-11;/h1-6,8-9H;. The molecule has 0 aliphatic carbocycles. The van der Waals surface area contributed by atoms with Crippen molar-refractivity contribution in [3.63, 3.8) is 0 Å². The van der Waals surface area contributed by atoms with E-state index in [1.54, 1.807) is 0 Å². The average molecular weight is 339 g/mol. The van der Waals surface area contributed by atoms with Crippen LogP contribution >= 0.6 is 0 Å². The average Bonchev–Trinajstić information content (AvgIpc) is 2.57. The van der Waals surface area contributed by atoms with E-state index in [2.05, 4.69) is 37.8 Å². The van der Waals surface area contributed by atoms with Crippen LogP contribution in [0.2, 0.25) is 0 Å². The van der Waals surface area contributed by atoms with Gasteiger partial charge in [0.25, 0.3) is 0 Å². The summed E-state index contributed by atoms with van der Waals surface area (Å²) >= 11 is 2.53. The van der Waals surface area contributed by atoms with Crippen molar-refractivity contribution in [1.29, 1.82) is 0 Å². The third-order valence-corrected chi connectivity index (χ3v) is 2.62. The number of benzene rings is 1. The van der Waals surface area contributed by atoms with Crippen LogP contribution in [0.5, 0.6) is 0 Å². The van der Waals surface area contributed by atoms with Crippen molar-refractivity contribution >= 4 is 3.78 Å². The Bertz CT molecular complexity index is 365. The van der Waals surface area contributed by atoms with E-state index in [0.29, 0.717) is 0 Å². The summed E-state index contributed by atoms with van der Waals surface area (Å²) in [5.74, 6) is 0. The molecule has 1 aromatic carbocycles. The first-order valence-electron chi connectivity index (χ1n) is 3.72. The minimum absolute atomic E-state index is 1.23. The van der Waals surface area contributed by atoms with Gasteiger partial charge in [-0.3, -0.25) is 0 Å². The van der Waals surface area contributed by atoms with Crippen molar-refractivity contribution in [2.75, 3.05) is 0 Å². The Morgan fingerprint density at radius 3 is 2.25 bits per heavy atom. The first-order valence-corrected chi connectivity index (χ1v) is 4.80. The van der Waals surface area contributed by atoms with Gasteiger partial charge < -0.3 is 0 Å². The van der Waals surface area contributed by atoms with E-state index < -0.39 is 0 Å². The van der Waals surface area contributed by atoms with E-state index in [0.717, 1.165) is 0 Å². The van der Waals surface area contributed by atoms with Gasteiger partial charge in [0, 0.05) is 0 Å². The Labute approximate surface area is 83.9 Å². The van der Waals surface area contributed by atoms with Crippen molar-refractivity contribution in [2.24, 2.45) is 0 Å². The number of hydrogen-bond donors (Lipinski definition) is 0. The van der Waals surface area contributed by atoms with E-state index >= 15 is 0 Å². The molecule has 0 saturated heterocycles. The van der Waals surface area contributed by atoms with Crippen LogP contribution in [0.25, 0.3) is 5.69 Å². The molecule has 0 aliphatic rings. The van der Waals surface area contributed by atoms with Gasteiger partial charge in [0.2, 0.25) is 0 Å². The molecule has 12 heavy (non-hydrogen) atoms. The van der Waals surface area contributed by atoms with Gasteiger partial charge in [0.1, 0.15) is 0 Å². The summed E-state index contributed by atoms with van der Waals surface area (Å²) in [4.78, 5) is 0. The number of aromatic nitrogens is 1. The zero-order valence-corrected chi connectivity index (χ0v) is 8.53. The summed E-state index contributed by atoms with van der Waals surface area (Å²) in [5, 5.41) is 0. The van der Waals surface area contributed by atoms with Gasteiger partial charge in [-0.2, -0.15) is 0 Å². The number of nitrogens with zero attached hydrogens (tertiary/aromatic N) is 1. The van der Waals surface area contributed by atoms with E-state index in [4.69, 9.17) is 0 Å². The molecule has 0 bridgehead atoms. The van der Waals surface area contributed by atoms with Crippen LogP contribution in [0.1, 0.15) is 0 Å². The number of rotatable bonds is 1. The zero-order valence-electron chi connectivity index (χ0n) is 6.37. The SMILES string of the molecule is [Au][c]1ccccc1-n1cccc1. The Morgan fingerprint density at radius 1 is 0.917 bits per heavy atom. The molecule has 0 unspecified atom stereocenters. The quantitative estimate of drug-likeness (QED) is 0.697. The van der Waals surface area contributed by atoms with Crippen LogP contribution in [-0.2, 0) is 21.1 Å². The molecule has 1 nitrogen and oxygen atoms in total. The molecule has 0 N–H and O–H groups in total. The third-order valence-electron chi connectivity index (χ3n) is 1.70. The van der Waals surface area contributed by atoms with Crippen LogP contribution in [0.3, 0.4) is 0 Å². The van der Waals surface area contributed by atoms with Gasteiger partial charge in [0.05, 0.1) is 0 Å². The Hall–Kier alpha value is -0.760. The molecule has 0 fully saturated rings. The van der Waals surface area contributed by atoms with Gasteiger partial charge in [0.15, 0.2) is 0 Å². The normalized spacial score (nSPS) is 10.2. The molecule has 2 aromatic rings. The second-order valence-corrected chi connectivity index (χ2v) is 3.67. The van der Waals surface area contributed by atoms with Crippen LogP contribution in [-0.4, -0.2) is 4.57 Å². The second kappa shape index (κ2) is 3.32. The second-order valence-electron chi connectivity index (χ2n) is 2.50.